The number of benzene rings is 2. The van der Waals surface area contributed by atoms with Gasteiger partial charge >= 0.3 is 0 Å². The van der Waals surface area contributed by atoms with Crippen molar-refractivity contribution in [1.82, 2.24) is 4.31 Å². The number of carbonyl (C=O) groups excluding carboxylic acids is 1. The van der Waals surface area contributed by atoms with Crippen LogP contribution in [0.5, 0.6) is 11.5 Å². The number of nitrogens with one attached hydrogen (secondary N) is 1. The van der Waals surface area contributed by atoms with Crippen molar-refractivity contribution < 1.29 is 22.7 Å². The van der Waals surface area contributed by atoms with Crippen LogP contribution in [-0.2, 0) is 14.8 Å². The number of rotatable bonds is 4. The van der Waals surface area contributed by atoms with Gasteiger partial charge in [0.25, 0.3) is 0 Å². The van der Waals surface area contributed by atoms with Crippen LogP contribution in [0.15, 0.2) is 47.4 Å². The van der Waals surface area contributed by atoms with E-state index in [1.807, 2.05) is 6.92 Å². The van der Waals surface area contributed by atoms with E-state index in [4.69, 9.17) is 9.47 Å². The Kier molecular flexibility index (Phi) is 5.97. The summed E-state index contributed by atoms with van der Waals surface area (Å²) >= 11 is 0. The van der Waals surface area contributed by atoms with Crippen LogP contribution in [0.3, 0.4) is 0 Å². The minimum Gasteiger partial charge on any atom is -0.490 e. The molecular weight excluding hydrogens is 404 g/mol. The van der Waals surface area contributed by atoms with Crippen molar-refractivity contribution in [3.05, 3.63) is 48.0 Å². The fourth-order valence-corrected chi connectivity index (χ4v) is 5.42. The Morgan fingerprint density at radius 2 is 1.73 bits per heavy atom. The second-order valence-electron chi connectivity index (χ2n) is 7.64. The fourth-order valence-electron chi connectivity index (χ4n) is 3.77. The van der Waals surface area contributed by atoms with Gasteiger partial charge < -0.3 is 14.8 Å². The highest BCUT2D eigenvalue weighted by Gasteiger charge is 2.37. The summed E-state index contributed by atoms with van der Waals surface area (Å²) in [7, 11) is -3.76. The Bertz CT molecular complexity index is 1020. The molecule has 160 valence electrons. The topological polar surface area (TPSA) is 84.9 Å². The molecule has 2 aromatic carbocycles. The maximum atomic E-state index is 13.2. The molecule has 0 saturated carbocycles. The minimum absolute atomic E-state index is 0.211. The van der Waals surface area contributed by atoms with Crippen molar-refractivity contribution in [1.29, 1.82) is 0 Å². The molecule has 1 amide bonds. The van der Waals surface area contributed by atoms with Crippen LogP contribution in [0, 0.1) is 6.92 Å². The standard InChI is InChI=1S/C22H26N2O5S/c1-16-6-9-18(10-7-16)30(26,27)24-12-3-2-5-19(24)22(25)23-17-8-11-20-21(15-17)29-14-4-13-28-20/h6-11,15,19H,2-5,12-14H2,1H3,(H,23,25)/t19-/m0/s1. The summed E-state index contributed by atoms with van der Waals surface area (Å²) in [4.78, 5) is 13.3. The van der Waals surface area contributed by atoms with E-state index >= 15 is 0 Å². The van der Waals surface area contributed by atoms with E-state index in [-0.39, 0.29) is 10.8 Å². The highest BCUT2D eigenvalue weighted by Crippen LogP contribution is 2.33. The van der Waals surface area contributed by atoms with Crippen molar-refractivity contribution in [2.75, 3.05) is 25.1 Å². The largest absolute Gasteiger partial charge is 0.490 e. The van der Waals surface area contributed by atoms with Crippen LogP contribution in [0.4, 0.5) is 5.69 Å². The minimum atomic E-state index is -3.76. The summed E-state index contributed by atoms with van der Waals surface area (Å²) in [5.74, 6) is 0.893. The summed E-state index contributed by atoms with van der Waals surface area (Å²) < 4.78 is 39.0. The molecule has 2 aliphatic rings. The summed E-state index contributed by atoms with van der Waals surface area (Å²) in [6, 6.07) is 11.2. The van der Waals surface area contributed by atoms with Crippen LogP contribution < -0.4 is 14.8 Å². The molecule has 30 heavy (non-hydrogen) atoms. The molecule has 1 N–H and O–H groups in total. The maximum Gasteiger partial charge on any atom is 0.243 e. The maximum absolute atomic E-state index is 13.2. The van der Waals surface area contributed by atoms with Gasteiger partial charge in [0.2, 0.25) is 15.9 Å². The second kappa shape index (κ2) is 8.65. The van der Waals surface area contributed by atoms with Gasteiger partial charge in [0.05, 0.1) is 18.1 Å². The summed E-state index contributed by atoms with van der Waals surface area (Å²) in [6.07, 6.45) is 2.82. The van der Waals surface area contributed by atoms with Crippen LogP contribution >= 0.6 is 0 Å². The number of fused-ring (bicyclic) bond motifs is 1. The van der Waals surface area contributed by atoms with Gasteiger partial charge in [-0.15, -0.1) is 0 Å². The van der Waals surface area contributed by atoms with E-state index in [9.17, 15) is 13.2 Å². The van der Waals surface area contributed by atoms with Gasteiger partial charge in [0.15, 0.2) is 11.5 Å². The van der Waals surface area contributed by atoms with Crippen molar-refractivity contribution in [2.24, 2.45) is 0 Å². The lowest BCUT2D eigenvalue weighted by atomic mass is 10.0. The van der Waals surface area contributed by atoms with Gasteiger partial charge in [0.1, 0.15) is 6.04 Å². The van der Waals surface area contributed by atoms with Gasteiger partial charge in [-0.1, -0.05) is 24.1 Å². The zero-order chi connectivity index (χ0) is 21.1. The molecule has 7 nitrogen and oxygen atoms in total. The first-order valence-corrected chi connectivity index (χ1v) is 11.7. The molecule has 2 aliphatic heterocycles. The number of sulfonamides is 1. The number of aryl methyl sites for hydroxylation is 1. The predicted molar refractivity (Wildman–Crippen MR) is 113 cm³/mol. The third-order valence-electron chi connectivity index (χ3n) is 5.40. The third-order valence-corrected chi connectivity index (χ3v) is 7.32. The Labute approximate surface area is 177 Å². The van der Waals surface area contributed by atoms with Crippen molar-refractivity contribution >= 4 is 21.6 Å². The van der Waals surface area contributed by atoms with Crippen molar-refractivity contribution in [3.63, 3.8) is 0 Å². The highest BCUT2D eigenvalue weighted by molar-refractivity contribution is 7.89. The molecule has 0 spiro atoms. The molecule has 8 heteroatoms. The van der Waals surface area contributed by atoms with Crippen molar-refractivity contribution in [2.45, 2.75) is 43.5 Å². The smallest absolute Gasteiger partial charge is 0.243 e. The van der Waals surface area contributed by atoms with E-state index in [0.717, 1.165) is 24.8 Å². The molecule has 0 radical (unpaired) electrons. The number of hydrogen-bond donors (Lipinski definition) is 1. The van der Waals surface area contributed by atoms with E-state index < -0.39 is 16.1 Å². The lowest BCUT2D eigenvalue weighted by Crippen LogP contribution is -2.49. The molecule has 0 aromatic heterocycles. The molecule has 1 atom stereocenters. The number of amides is 1. The second-order valence-corrected chi connectivity index (χ2v) is 9.53. The molecular formula is C22H26N2O5S. The van der Waals surface area contributed by atoms with E-state index in [2.05, 4.69) is 5.32 Å². The summed E-state index contributed by atoms with van der Waals surface area (Å²) in [6.45, 7) is 3.38. The Morgan fingerprint density at radius 3 is 2.50 bits per heavy atom. The van der Waals surface area contributed by atoms with Gasteiger partial charge in [0, 0.05) is 24.7 Å². The summed E-state index contributed by atoms with van der Waals surface area (Å²) in [5.41, 5.74) is 1.54. The van der Waals surface area contributed by atoms with Gasteiger partial charge in [-0.3, -0.25) is 4.79 Å². The van der Waals surface area contributed by atoms with Crippen LogP contribution in [-0.4, -0.2) is 44.4 Å². The van der Waals surface area contributed by atoms with E-state index in [0.29, 0.717) is 43.4 Å². The van der Waals surface area contributed by atoms with E-state index in [1.54, 1.807) is 42.5 Å². The van der Waals surface area contributed by atoms with Crippen molar-refractivity contribution in [3.8, 4) is 11.5 Å². The number of ether oxygens (including phenoxy) is 2. The SMILES string of the molecule is Cc1ccc(S(=O)(=O)N2CCCC[C@H]2C(=O)Nc2ccc3c(c2)OCCCO3)cc1. The lowest BCUT2D eigenvalue weighted by molar-refractivity contribution is -0.120. The first-order chi connectivity index (χ1) is 14.4. The zero-order valence-electron chi connectivity index (χ0n) is 17.0. The van der Waals surface area contributed by atoms with Gasteiger partial charge in [-0.05, 0) is 44.0 Å². The Balaban J connectivity index is 1.55. The summed E-state index contributed by atoms with van der Waals surface area (Å²) in [5, 5.41) is 2.86. The first kappa shape index (κ1) is 20.7. The average molecular weight is 431 g/mol. The highest BCUT2D eigenvalue weighted by atomic mass is 32.2. The average Bonchev–Trinajstić information content (AvgIpc) is 2.99. The molecule has 0 bridgehead atoms. The number of hydrogen-bond acceptors (Lipinski definition) is 5. The van der Waals surface area contributed by atoms with Gasteiger partial charge in [-0.25, -0.2) is 8.42 Å². The number of nitrogens with zero attached hydrogens (tertiary/aromatic N) is 1. The molecule has 1 fully saturated rings. The molecule has 4 rings (SSSR count). The van der Waals surface area contributed by atoms with E-state index in [1.165, 1.54) is 4.31 Å². The molecule has 0 unspecified atom stereocenters. The normalized spacial score (nSPS) is 19.7. The fraction of sp³-hybridized carbons (Fsp3) is 0.409. The Morgan fingerprint density at radius 1 is 1.00 bits per heavy atom. The molecule has 1 saturated heterocycles. The Hall–Kier alpha value is -2.58. The molecule has 2 aromatic rings. The molecule has 2 heterocycles. The van der Waals surface area contributed by atoms with Crippen LogP contribution in [0.25, 0.3) is 0 Å². The van der Waals surface area contributed by atoms with Gasteiger partial charge in [-0.2, -0.15) is 4.31 Å². The number of anilines is 1. The quantitative estimate of drug-likeness (QED) is 0.804. The third kappa shape index (κ3) is 4.29. The van der Waals surface area contributed by atoms with Crippen LogP contribution in [0.1, 0.15) is 31.2 Å². The number of carbonyl (C=O) groups is 1. The van der Waals surface area contributed by atoms with Crippen LogP contribution in [0.2, 0.25) is 0 Å². The predicted octanol–water partition coefficient (Wildman–Crippen LogP) is 3.34. The lowest BCUT2D eigenvalue weighted by Gasteiger charge is -2.33. The molecule has 0 aliphatic carbocycles. The first-order valence-electron chi connectivity index (χ1n) is 10.2. The monoisotopic (exact) mass is 430 g/mol. The zero-order valence-corrected chi connectivity index (χ0v) is 17.8. The number of piperidine rings is 1.